The summed E-state index contributed by atoms with van der Waals surface area (Å²) >= 11 is 3.55. The van der Waals surface area contributed by atoms with Crippen LogP contribution in [0.2, 0.25) is 0 Å². The Morgan fingerprint density at radius 2 is 2.05 bits per heavy atom. The summed E-state index contributed by atoms with van der Waals surface area (Å²) in [7, 11) is 2.00. The predicted octanol–water partition coefficient (Wildman–Crippen LogP) is 4.22. The van der Waals surface area contributed by atoms with E-state index in [-0.39, 0.29) is 0 Å². The summed E-state index contributed by atoms with van der Waals surface area (Å²) in [6.07, 6.45) is 3.92. The Balaban J connectivity index is 2.16. The van der Waals surface area contributed by atoms with Crippen molar-refractivity contribution in [3.05, 3.63) is 63.4 Å². The molecule has 2 rings (SSSR count). The van der Waals surface area contributed by atoms with Crippen LogP contribution in [0, 0.1) is 6.92 Å². The van der Waals surface area contributed by atoms with Gasteiger partial charge in [-0.1, -0.05) is 41.1 Å². The van der Waals surface area contributed by atoms with Crippen LogP contribution in [0.3, 0.4) is 0 Å². The molecule has 1 N–H and O–H groups in total. The van der Waals surface area contributed by atoms with Gasteiger partial charge >= 0.3 is 0 Å². The lowest BCUT2D eigenvalue weighted by molar-refractivity contribution is 0.583. The van der Waals surface area contributed by atoms with Gasteiger partial charge in [0.15, 0.2) is 0 Å². The molecule has 0 spiro atoms. The van der Waals surface area contributed by atoms with Crippen molar-refractivity contribution < 1.29 is 0 Å². The molecule has 106 valence electrons. The van der Waals surface area contributed by atoms with Crippen molar-refractivity contribution in [2.24, 2.45) is 0 Å². The highest BCUT2D eigenvalue weighted by Crippen LogP contribution is 2.23. The maximum Gasteiger partial charge on any atom is 0.0422 e. The first-order valence-corrected chi connectivity index (χ1v) is 7.80. The molecule has 20 heavy (non-hydrogen) atoms. The van der Waals surface area contributed by atoms with E-state index in [1.54, 1.807) is 0 Å². The van der Waals surface area contributed by atoms with Crippen molar-refractivity contribution in [1.29, 1.82) is 0 Å². The number of halogens is 1. The predicted molar refractivity (Wildman–Crippen MR) is 88.0 cm³/mol. The van der Waals surface area contributed by atoms with Crippen molar-refractivity contribution >= 4 is 15.9 Å². The number of hydrogen-bond acceptors (Lipinski definition) is 2. The van der Waals surface area contributed by atoms with Crippen LogP contribution in [0.25, 0.3) is 0 Å². The van der Waals surface area contributed by atoms with Gasteiger partial charge in [0.05, 0.1) is 0 Å². The van der Waals surface area contributed by atoms with Crippen LogP contribution in [-0.2, 0) is 12.8 Å². The molecule has 1 aromatic carbocycles. The quantitative estimate of drug-likeness (QED) is 0.886. The molecule has 0 saturated heterocycles. The molecule has 1 atom stereocenters. The monoisotopic (exact) mass is 332 g/mol. The van der Waals surface area contributed by atoms with Crippen LogP contribution in [0.5, 0.6) is 0 Å². The van der Waals surface area contributed by atoms with Crippen LogP contribution in [0.1, 0.15) is 35.3 Å². The molecule has 0 radical (unpaired) electrons. The molecule has 0 aliphatic rings. The van der Waals surface area contributed by atoms with E-state index in [0.29, 0.717) is 6.04 Å². The second-order valence-electron chi connectivity index (χ2n) is 5.07. The first-order valence-electron chi connectivity index (χ1n) is 7.01. The Labute approximate surface area is 129 Å². The zero-order valence-corrected chi connectivity index (χ0v) is 13.9. The van der Waals surface area contributed by atoms with Gasteiger partial charge in [0.2, 0.25) is 0 Å². The normalized spacial score (nSPS) is 12.4. The Bertz CT molecular complexity index is 564. The zero-order valence-electron chi connectivity index (χ0n) is 12.3. The van der Waals surface area contributed by atoms with Crippen LogP contribution in [0.15, 0.2) is 41.0 Å². The molecule has 0 bridgehead atoms. The first kappa shape index (κ1) is 15.2. The minimum Gasteiger partial charge on any atom is -0.313 e. The molecule has 0 aliphatic carbocycles. The maximum atomic E-state index is 4.55. The minimum atomic E-state index is 0.293. The highest BCUT2D eigenvalue weighted by molar-refractivity contribution is 9.10. The molecular weight excluding hydrogens is 312 g/mol. The summed E-state index contributed by atoms with van der Waals surface area (Å²) in [5.74, 6) is 0. The molecule has 1 heterocycles. The average Bonchev–Trinajstić information content (AvgIpc) is 2.48. The molecule has 3 heteroatoms. The van der Waals surface area contributed by atoms with Gasteiger partial charge in [0.25, 0.3) is 0 Å². The number of nitrogens with zero attached hydrogens (tertiary/aromatic N) is 1. The topological polar surface area (TPSA) is 24.9 Å². The van der Waals surface area contributed by atoms with Gasteiger partial charge in [-0.15, -0.1) is 0 Å². The Morgan fingerprint density at radius 3 is 2.60 bits per heavy atom. The number of benzene rings is 1. The minimum absolute atomic E-state index is 0.293. The third-order valence-electron chi connectivity index (χ3n) is 3.64. The molecule has 2 nitrogen and oxygen atoms in total. The van der Waals surface area contributed by atoms with Crippen molar-refractivity contribution in [3.63, 3.8) is 0 Å². The van der Waals surface area contributed by atoms with E-state index >= 15 is 0 Å². The summed E-state index contributed by atoms with van der Waals surface area (Å²) in [5, 5.41) is 3.39. The lowest BCUT2D eigenvalue weighted by atomic mass is 10.00. The molecule has 0 amide bonds. The van der Waals surface area contributed by atoms with E-state index in [1.807, 2.05) is 13.2 Å². The summed E-state index contributed by atoms with van der Waals surface area (Å²) in [6, 6.07) is 11.1. The first-order chi connectivity index (χ1) is 9.63. The molecular formula is C17H21BrN2. The fourth-order valence-electron chi connectivity index (χ4n) is 2.27. The second-order valence-corrected chi connectivity index (χ2v) is 5.92. The van der Waals surface area contributed by atoms with Crippen molar-refractivity contribution in [2.45, 2.75) is 32.7 Å². The Kier molecular flexibility index (Phi) is 5.32. The summed E-state index contributed by atoms with van der Waals surface area (Å²) in [4.78, 5) is 4.55. The highest BCUT2D eigenvalue weighted by atomic mass is 79.9. The van der Waals surface area contributed by atoms with Gasteiger partial charge < -0.3 is 5.32 Å². The third-order valence-corrected chi connectivity index (χ3v) is 4.53. The lowest BCUT2D eigenvalue weighted by Crippen LogP contribution is -2.19. The summed E-state index contributed by atoms with van der Waals surface area (Å²) in [6.45, 7) is 4.27. The van der Waals surface area contributed by atoms with E-state index in [1.165, 1.54) is 16.7 Å². The van der Waals surface area contributed by atoms with E-state index in [4.69, 9.17) is 0 Å². The molecule has 2 aromatic rings. The van der Waals surface area contributed by atoms with Crippen LogP contribution < -0.4 is 5.32 Å². The highest BCUT2D eigenvalue weighted by Gasteiger charge is 2.11. The van der Waals surface area contributed by atoms with E-state index in [9.17, 15) is 0 Å². The fraction of sp³-hybridized carbons (Fsp3) is 0.353. The SMILES string of the molecule is CCc1ccc(CC(NC)c2ccc(Br)c(C)c2)nc1. The number of pyridine rings is 1. The Morgan fingerprint density at radius 1 is 1.25 bits per heavy atom. The summed E-state index contributed by atoms with van der Waals surface area (Å²) < 4.78 is 1.15. The Hall–Kier alpha value is -1.19. The van der Waals surface area contributed by atoms with Crippen LogP contribution >= 0.6 is 15.9 Å². The average molecular weight is 333 g/mol. The number of nitrogens with one attached hydrogen (secondary N) is 1. The number of aryl methyl sites for hydroxylation is 2. The van der Waals surface area contributed by atoms with Gasteiger partial charge in [-0.05, 0) is 49.2 Å². The number of aromatic nitrogens is 1. The smallest absolute Gasteiger partial charge is 0.0422 e. The standard InChI is InChI=1S/C17H21BrN2/c1-4-13-5-7-15(20-11-13)10-17(19-3)14-6-8-16(18)12(2)9-14/h5-9,11,17,19H,4,10H2,1-3H3. The molecule has 1 unspecified atom stereocenters. The molecule has 1 aromatic heterocycles. The van der Waals surface area contributed by atoms with Gasteiger partial charge in [-0.2, -0.15) is 0 Å². The van der Waals surface area contributed by atoms with E-state index in [0.717, 1.165) is 23.0 Å². The third kappa shape index (κ3) is 3.68. The molecule has 0 aliphatic heterocycles. The zero-order chi connectivity index (χ0) is 14.5. The number of rotatable bonds is 5. The van der Waals surface area contributed by atoms with Gasteiger partial charge in [0.1, 0.15) is 0 Å². The largest absolute Gasteiger partial charge is 0.313 e. The second kappa shape index (κ2) is 7.00. The van der Waals surface area contributed by atoms with Crippen LogP contribution in [-0.4, -0.2) is 12.0 Å². The van der Waals surface area contributed by atoms with Gasteiger partial charge in [0, 0.05) is 28.8 Å². The van der Waals surface area contributed by atoms with Gasteiger partial charge in [-0.25, -0.2) is 0 Å². The van der Waals surface area contributed by atoms with Crippen LogP contribution in [0.4, 0.5) is 0 Å². The van der Waals surface area contributed by atoms with Crippen molar-refractivity contribution in [1.82, 2.24) is 10.3 Å². The van der Waals surface area contributed by atoms with E-state index < -0.39 is 0 Å². The summed E-state index contributed by atoms with van der Waals surface area (Å²) in [5.41, 5.74) is 4.97. The number of likely N-dealkylation sites (N-methyl/N-ethyl adjacent to an activating group) is 1. The fourth-order valence-corrected chi connectivity index (χ4v) is 2.51. The van der Waals surface area contributed by atoms with E-state index in [2.05, 4.69) is 70.4 Å². The lowest BCUT2D eigenvalue weighted by Gasteiger charge is -2.17. The van der Waals surface area contributed by atoms with Gasteiger partial charge in [-0.3, -0.25) is 4.98 Å². The van der Waals surface area contributed by atoms with Crippen molar-refractivity contribution in [3.8, 4) is 0 Å². The molecule has 0 saturated carbocycles. The number of hydrogen-bond donors (Lipinski definition) is 1. The maximum absolute atomic E-state index is 4.55. The van der Waals surface area contributed by atoms with Crippen molar-refractivity contribution in [2.75, 3.05) is 7.05 Å². The molecule has 0 fully saturated rings.